The van der Waals surface area contributed by atoms with Gasteiger partial charge in [-0.15, -0.1) is 0 Å². The highest BCUT2D eigenvalue weighted by atomic mass is 16.5. The lowest BCUT2D eigenvalue weighted by Crippen LogP contribution is -2.38. The second-order valence-electron chi connectivity index (χ2n) is 9.83. The van der Waals surface area contributed by atoms with Crippen molar-refractivity contribution in [2.45, 2.75) is 24.9 Å². The topological polar surface area (TPSA) is 101 Å². The maximum atomic E-state index is 12.9. The highest BCUT2D eigenvalue weighted by Gasteiger charge is 2.44. The summed E-state index contributed by atoms with van der Waals surface area (Å²) in [5, 5.41) is 23.2. The molecule has 2 heterocycles. The minimum atomic E-state index is -1.43. The standard InChI is InChI=1S/C31H34N4O4/c1-20-8-7-9-23(16-20)31(36,13-15-35(2)3)27(24-12-14-33-30(39-6)28(24)37-4)25-18-22-17-21(19-32)10-11-26(22)34-29(25)38-5/h7-12,14,16-18,27,36H,13,15H2,1-6H3/t27-,31-/m1/s1. The van der Waals surface area contributed by atoms with Crippen LogP contribution in [-0.4, -0.2) is 61.9 Å². The smallest absolute Gasteiger partial charge is 0.257 e. The highest BCUT2D eigenvalue weighted by Crippen LogP contribution is 2.51. The van der Waals surface area contributed by atoms with Crippen molar-refractivity contribution in [2.24, 2.45) is 0 Å². The van der Waals surface area contributed by atoms with Crippen molar-refractivity contribution < 1.29 is 19.3 Å². The van der Waals surface area contributed by atoms with Crippen LogP contribution in [0.25, 0.3) is 10.9 Å². The summed E-state index contributed by atoms with van der Waals surface area (Å²) in [6, 6.07) is 19.2. The van der Waals surface area contributed by atoms with Crippen LogP contribution in [0.5, 0.6) is 17.5 Å². The highest BCUT2D eigenvalue weighted by molar-refractivity contribution is 5.82. The lowest BCUT2D eigenvalue weighted by atomic mass is 9.71. The van der Waals surface area contributed by atoms with Gasteiger partial charge < -0.3 is 24.2 Å². The fraction of sp³-hybridized carbons (Fsp3) is 0.323. The van der Waals surface area contributed by atoms with Crippen LogP contribution in [0.3, 0.4) is 0 Å². The normalized spacial score (nSPS) is 13.5. The van der Waals surface area contributed by atoms with E-state index in [1.807, 2.05) is 62.3 Å². The Labute approximate surface area is 229 Å². The Morgan fingerprint density at radius 2 is 1.74 bits per heavy atom. The summed E-state index contributed by atoms with van der Waals surface area (Å²) in [6.45, 7) is 2.61. The molecule has 0 saturated carbocycles. The van der Waals surface area contributed by atoms with Gasteiger partial charge in [-0.1, -0.05) is 29.8 Å². The van der Waals surface area contributed by atoms with Crippen LogP contribution in [0.4, 0.5) is 0 Å². The van der Waals surface area contributed by atoms with Gasteiger partial charge in [0, 0.05) is 29.3 Å². The van der Waals surface area contributed by atoms with Gasteiger partial charge in [0.05, 0.1) is 44.4 Å². The van der Waals surface area contributed by atoms with Gasteiger partial charge in [-0.3, -0.25) is 0 Å². The minimum Gasteiger partial charge on any atom is -0.491 e. The maximum Gasteiger partial charge on any atom is 0.257 e. The molecule has 8 heteroatoms. The summed E-state index contributed by atoms with van der Waals surface area (Å²) in [5.41, 5.74) is 2.86. The fourth-order valence-corrected chi connectivity index (χ4v) is 5.08. The van der Waals surface area contributed by atoms with E-state index in [-0.39, 0.29) is 0 Å². The summed E-state index contributed by atoms with van der Waals surface area (Å²) < 4.78 is 17.2. The zero-order valence-electron chi connectivity index (χ0n) is 23.2. The van der Waals surface area contributed by atoms with Crippen molar-refractivity contribution in [1.29, 1.82) is 5.26 Å². The van der Waals surface area contributed by atoms with Crippen LogP contribution in [-0.2, 0) is 5.60 Å². The molecule has 0 aliphatic rings. The number of pyridine rings is 2. The van der Waals surface area contributed by atoms with E-state index in [0.29, 0.717) is 52.7 Å². The molecule has 0 radical (unpaired) electrons. The van der Waals surface area contributed by atoms with E-state index in [4.69, 9.17) is 19.2 Å². The van der Waals surface area contributed by atoms with E-state index in [1.54, 1.807) is 38.6 Å². The van der Waals surface area contributed by atoms with Crippen LogP contribution in [0, 0.1) is 18.3 Å². The summed E-state index contributed by atoms with van der Waals surface area (Å²) in [4.78, 5) is 11.2. The lowest BCUT2D eigenvalue weighted by Gasteiger charge is -2.39. The zero-order chi connectivity index (χ0) is 28.2. The number of hydrogen-bond donors (Lipinski definition) is 1. The van der Waals surface area contributed by atoms with Gasteiger partial charge >= 0.3 is 0 Å². The van der Waals surface area contributed by atoms with Crippen LogP contribution in [0.15, 0.2) is 60.8 Å². The Balaban J connectivity index is 2.12. The third-order valence-corrected chi connectivity index (χ3v) is 6.99. The van der Waals surface area contributed by atoms with Crippen molar-refractivity contribution in [3.05, 3.63) is 88.6 Å². The summed E-state index contributed by atoms with van der Waals surface area (Å²) in [6.07, 6.45) is 2.03. The summed E-state index contributed by atoms with van der Waals surface area (Å²) in [5.74, 6) is 0.377. The second-order valence-corrected chi connectivity index (χ2v) is 9.83. The number of rotatable bonds is 10. The number of hydrogen-bond acceptors (Lipinski definition) is 8. The first-order valence-corrected chi connectivity index (χ1v) is 12.7. The first-order valence-electron chi connectivity index (χ1n) is 12.7. The van der Waals surface area contributed by atoms with E-state index in [9.17, 15) is 10.4 Å². The molecule has 8 nitrogen and oxygen atoms in total. The van der Waals surface area contributed by atoms with Gasteiger partial charge in [0.2, 0.25) is 5.88 Å². The molecule has 0 unspecified atom stereocenters. The van der Waals surface area contributed by atoms with Crippen LogP contribution in [0.2, 0.25) is 0 Å². The molecular weight excluding hydrogens is 492 g/mol. The van der Waals surface area contributed by atoms with Crippen molar-refractivity contribution in [3.8, 4) is 23.6 Å². The Hall–Kier alpha value is -4.19. The summed E-state index contributed by atoms with van der Waals surface area (Å²) >= 11 is 0. The molecular formula is C31H34N4O4. The Morgan fingerprint density at radius 3 is 2.38 bits per heavy atom. The van der Waals surface area contributed by atoms with Gasteiger partial charge in [-0.2, -0.15) is 5.26 Å². The molecule has 39 heavy (non-hydrogen) atoms. The Kier molecular flexibility index (Phi) is 8.34. The number of nitriles is 1. The number of methoxy groups -OCH3 is 3. The number of aliphatic hydroxyl groups is 1. The monoisotopic (exact) mass is 526 g/mol. The second kappa shape index (κ2) is 11.7. The van der Waals surface area contributed by atoms with Gasteiger partial charge in [0.15, 0.2) is 5.75 Å². The van der Waals surface area contributed by atoms with Crippen molar-refractivity contribution in [2.75, 3.05) is 42.0 Å². The van der Waals surface area contributed by atoms with Gasteiger partial charge in [-0.05, 0) is 63.3 Å². The fourth-order valence-electron chi connectivity index (χ4n) is 5.08. The molecule has 2 aromatic heterocycles. The summed E-state index contributed by atoms with van der Waals surface area (Å²) in [7, 11) is 8.60. The molecule has 0 fully saturated rings. The molecule has 2 atom stereocenters. The first kappa shape index (κ1) is 27.8. The molecule has 2 aromatic carbocycles. The van der Waals surface area contributed by atoms with E-state index >= 15 is 0 Å². The average Bonchev–Trinajstić information content (AvgIpc) is 2.95. The predicted octanol–water partition coefficient (Wildman–Crippen LogP) is 4.81. The van der Waals surface area contributed by atoms with E-state index in [2.05, 4.69) is 11.1 Å². The van der Waals surface area contributed by atoms with Gasteiger partial charge in [0.25, 0.3) is 5.88 Å². The number of ether oxygens (including phenoxy) is 3. The third kappa shape index (κ3) is 5.51. The number of nitrogens with zero attached hydrogens (tertiary/aromatic N) is 4. The largest absolute Gasteiger partial charge is 0.491 e. The van der Waals surface area contributed by atoms with E-state index < -0.39 is 11.5 Å². The molecule has 0 amide bonds. The molecule has 0 spiro atoms. The van der Waals surface area contributed by atoms with Crippen molar-refractivity contribution in [1.82, 2.24) is 14.9 Å². The number of fused-ring (bicyclic) bond motifs is 1. The number of aryl methyl sites for hydroxylation is 1. The Morgan fingerprint density at radius 1 is 0.974 bits per heavy atom. The number of benzene rings is 2. The predicted molar refractivity (Wildman–Crippen MR) is 150 cm³/mol. The average molecular weight is 527 g/mol. The third-order valence-electron chi connectivity index (χ3n) is 6.99. The molecule has 0 saturated heterocycles. The van der Waals surface area contributed by atoms with E-state index in [0.717, 1.165) is 16.5 Å². The molecule has 4 rings (SSSR count). The van der Waals surface area contributed by atoms with Crippen molar-refractivity contribution in [3.63, 3.8) is 0 Å². The van der Waals surface area contributed by atoms with Crippen molar-refractivity contribution >= 4 is 10.9 Å². The molecule has 1 N–H and O–H groups in total. The van der Waals surface area contributed by atoms with Gasteiger partial charge in [0.1, 0.15) is 5.60 Å². The maximum absolute atomic E-state index is 12.9. The Bertz CT molecular complexity index is 1510. The first-order chi connectivity index (χ1) is 18.7. The van der Waals surface area contributed by atoms with Crippen LogP contribution in [0.1, 0.15) is 40.2 Å². The zero-order valence-corrected chi connectivity index (χ0v) is 23.2. The number of aromatic nitrogens is 2. The lowest BCUT2D eigenvalue weighted by molar-refractivity contribution is 0.00307. The minimum absolute atomic E-state index is 0.304. The van der Waals surface area contributed by atoms with Gasteiger partial charge in [-0.25, -0.2) is 9.97 Å². The molecule has 0 bridgehead atoms. The SMILES string of the molecule is COc1nc2ccc(C#N)cc2cc1[C@@H](c1ccnc(OC)c1OC)[C@@](O)(CCN(C)C)c1cccc(C)c1. The van der Waals surface area contributed by atoms with Crippen LogP contribution < -0.4 is 14.2 Å². The van der Waals surface area contributed by atoms with E-state index in [1.165, 1.54) is 7.11 Å². The molecule has 0 aliphatic carbocycles. The molecule has 202 valence electrons. The quantitative estimate of drug-likeness (QED) is 0.314. The van der Waals surface area contributed by atoms with Crippen LogP contribution >= 0.6 is 0 Å². The molecule has 4 aromatic rings. The molecule has 0 aliphatic heterocycles.